The van der Waals surface area contributed by atoms with Crippen LogP contribution in [-0.2, 0) is 0 Å². The van der Waals surface area contributed by atoms with Gasteiger partial charge in [0.2, 0.25) is 0 Å². The summed E-state index contributed by atoms with van der Waals surface area (Å²) in [4.78, 5) is 18.9. The topological polar surface area (TPSA) is 63.0 Å². The van der Waals surface area contributed by atoms with E-state index < -0.39 is 0 Å². The highest BCUT2D eigenvalue weighted by molar-refractivity contribution is 5.41. The second kappa shape index (κ2) is 3.25. The van der Waals surface area contributed by atoms with Gasteiger partial charge in [-0.05, 0) is 6.42 Å². The van der Waals surface area contributed by atoms with Crippen molar-refractivity contribution in [2.24, 2.45) is 0 Å². The summed E-state index contributed by atoms with van der Waals surface area (Å²) in [6.07, 6.45) is 4.23. The van der Waals surface area contributed by atoms with Gasteiger partial charge in [-0.25, -0.2) is 19.4 Å². The molecule has 0 aliphatic rings. The maximum absolute atomic E-state index is 11.0. The number of rotatable bonds is 2. The largest absolute Gasteiger partial charge is 0.360 e. The maximum Gasteiger partial charge on any atom is 0.360 e. The van der Waals surface area contributed by atoms with Gasteiger partial charge in [-0.15, -0.1) is 0 Å². The monoisotopic (exact) mass is 192 g/mol. The minimum Gasteiger partial charge on any atom is -0.244 e. The SMILES string of the molecule is CCC(C)c1ncc2cnc(=O)[nH]n12. The molecule has 14 heavy (non-hydrogen) atoms. The summed E-state index contributed by atoms with van der Waals surface area (Å²) in [5, 5.41) is 2.64. The molecule has 0 spiro atoms. The van der Waals surface area contributed by atoms with Crippen LogP contribution in [0.5, 0.6) is 0 Å². The standard InChI is InChI=1S/C9H12N4O/c1-3-6(2)8-10-4-7-5-11-9(14)12-13(7)8/h4-6H,3H2,1-2H3,(H,12,14). The van der Waals surface area contributed by atoms with Crippen molar-refractivity contribution in [3.8, 4) is 0 Å². The van der Waals surface area contributed by atoms with Crippen LogP contribution in [0.15, 0.2) is 17.2 Å². The van der Waals surface area contributed by atoms with E-state index >= 15 is 0 Å². The fraction of sp³-hybridized carbons (Fsp3) is 0.444. The molecule has 0 saturated heterocycles. The highest BCUT2D eigenvalue weighted by Crippen LogP contribution is 2.16. The van der Waals surface area contributed by atoms with Gasteiger partial charge in [-0.1, -0.05) is 13.8 Å². The molecule has 1 unspecified atom stereocenters. The van der Waals surface area contributed by atoms with E-state index in [-0.39, 0.29) is 5.69 Å². The van der Waals surface area contributed by atoms with E-state index in [9.17, 15) is 4.79 Å². The van der Waals surface area contributed by atoms with E-state index in [2.05, 4.69) is 28.9 Å². The fourth-order valence-electron chi connectivity index (χ4n) is 1.37. The number of hydrogen-bond acceptors (Lipinski definition) is 3. The lowest BCUT2D eigenvalue weighted by molar-refractivity contribution is 0.645. The van der Waals surface area contributed by atoms with Crippen LogP contribution in [0, 0.1) is 0 Å². The molecular formula is C9H12N4O. The summed E-state index contributed by atoms with van der Waals surface area (Å²) < 4.78 is 1.70. The van der Waals surface area contributed by atoms with Crippen molar-refractivity contribution >= 4 is 5.52 Å². The first-order chi connectivity index (χ1) is 6.72. The van der Waals surface area contributed by atoms with Crippen LogP contribution >= 0.6 is 0 Å². The zero-order chi connectivity index (χ0) is 10.1. The minimum atomic E-state index is -0.347. The van der Waals surface area contributed by atoms with E-state index in [1.807, 2.05) is 0 Å². The molecule has 0 aromatic carbocycles. The van der Waals surface area contributed by atoms with E-state index in [0.29, 0.717) is 5.92 Å². The summed E-state index contributed by atoms with van der Waals surface area (Å²) >= 11 is 0. The van der Waals surface area contributed by atoms with Crippen LogP contribution in [0.4, 0.5) is 0 Å². The van der Waals surface area contributed by atoms with Crippen molar-refractivity contribution in [3.05, 3.63) is 28.7 Å². The number of aromatic nitrogens is 4. The molecule has 5 nitrogen and oxygen atoms in total. The van der Waals surface area contributed by atoms with Gasteiger partial charge in [-0.3, -0.25) is 0 Å². The molecule has 74 valence electrons. The minimum absolute atomic E-state index is 0.329. The molecule has 2 aromatic rings. The molecule has 1 N–H and O–H groups in total. The predicted molar refractivity (Wildman–Crippen MR) is 52.3 cm³/mol. The van der Waals surface area contributed by atoms with Crippen molar-refractivity contribution in [2.45, 2.75) is 26.2 Å². The van der Waals surface area contributed by atoms with Gasteiger partial charge in [0.15, 0.2) is 0 Å². The van der Waals surface area contributed by atoms with Crippen molar-refractivity contribution in [1.82, 2.24) is 19.6 Å². The van der Waals surface area contributed by atoms with Crippen LogP contribution < -0.4 is 5.69 Å². The summed E-state index contributed by atoms with van der Waals surface area (Å²) in [7, 11) is 0. The lowest BCUT2D eigenvalue weighted by Gasteiger charge is -2.05. The zero-order valence-corrected chi connectivity index (χ0v) is 8.19. The average molecular weight is 192 g/mol. The number of imidazole rings is 1. The van der Waals surface area contributed by atoms with Crippen LogP contribution in [0.3, 0.4) is 0 Å². The number of nitrogens with zero attached hydrogens (tertiary/aromatic N) is 3. The number of fused-ring (bicyclic) bond motifs is 1. The number of aromatic amines is 1. The zero-order valence-electron chi connectivity index (χ0n) is 8.19. The third-order valence-corrected chi connectivity index (χ3v) is 2.39. The van der Waals surface area contributed by atoms with Crippen molar-refractivity contribution in [2.75, 3.05) is 0 Å². The third-order valence-electron chi connectivity index (χ3n) is 2.39. The Morgan fingerprint density at radius 1 is 1.50 bits per heavy atom. The highest BCUT2D eigenvalue weighted by atomic mass is 16.1. The fourth-order valence-corrected chi connectivity index (χ4v) is 1.37. The van der Waals surface area contributed by atoms with Gasteiger partial charge in [0.25, 0.3) is 0 Å². The molecule has 1 atom stereocenters. The van der Waals surface area contributed by atoms with Gasteiger partial charge in [0.05, 0.1) is 12.4 Å². The molecule has 0 amide bonds. The molecule has 0 aliphatic heterocycles. The second-order valence-electron chi connectivity index (χ2n) is 3.36. The predicted octanol–water partition coefficient (Wildman–Crippen LogP) is 0.931. The lowest BCUT2D eigenvalue weighted by Crippen LogP contribution is -2.15. The normalized spacial score (nSPS) is 13.3. The third kappa shape index (κ3) is 1.30. The van der Waals surface area contributed by atoms with Gasteiger partial charge in [0, 0.05) is 5.92 Å². The highest BCUT2D eigenvalue weighted by Gasteiger charge is 2.10. The summed E-state index contributed by atoms with van der Waals surface area (Å²) in [6, 6.07) is 0. The smallest absolute Gasteiger partial charge is 0.244 e. The van der Waals surface area contributed by atoms with Crippen molar-refractivity contribution < 1.29 is 0 Å². The Morgan fingerprint density at radius 2 is 2.21 bits per heavy atom. The van der Waals surface area contributed by atoms with E-state index in [1.165, 1.54) is 6.20 Å². The summed E-state index contributed by atoms with van der Waals surface area (Å²) in [5.74, 6) is 1.21. The summed E-state index contributed by atoms with van der Waals surface area (Å²) in [6.45, 7) is 4.17. The molecule has 0 bridgehead atoms. The Kier molecular flexibility index (Phi) is 2.07. The van der Waals surface area contributed by atoms with E-state index in [1.54, 1.807) is 10.7 Å². The average Bonchev–Trinajstić information content (AvgIpc) is 2.59. The number of hydrogen-bond donors (Lipinski definition) is 1. The lowest BCUT2D eigenvalue weighted by atomic mass is 10.1. The Balaban J connectivity index is 2.66. The second-order valence-corrected chi connectivity index (χ2v) is 3.36. The Hall–Kier alpha value is -1.65. The Morgan fingerprint density at radius 3 is 2.93 bits per heavy atom. The van der Waals surface area contributed by atoms with E-state index in [4.69, 9.17) is 0 Å². The van der Waals surface area contributed by atoms with Crippen LogP contribution in [-0.4, -0.2) is 19.6 Å². The van der Waals surface area contributed by atoms with Crippen molar-refractivity contribution in [3.63, 3.8) is 0 Å². The van der Waals surface area contributed by atoms with Gasteiger partial charge in [0.1, 0.15) is 11.3 Å². The molecule has 0 fully saturated rings. The molecule has 2 aromatic heterocycles. The van der Waals surface area contributed by atoms with Gasteiger partial charge in [-0.2, -0.15) is 4.98 Å². The van der Waals surface area contributed by atoms with Gasteiger partial charge >= 0.3 is 5.69 Å². The molecule has 0 radical (unpaired) electrons. The number of nitrogens with one attached hydrogen (secondary N) is 1. The first-order valence-electron chi connectivity index (χ1n) is 4.65. The molecule has 0 saturated carbocycles. The first kappa shape index (κ1) is 8.93. The molecule has 2 rings (SSSR count). The number of H-pyrrole nitrogens is 1. The van der Waals surface area contributed by atoms with Crippen LogP contribution in [0.25, 0.3) is 5.52 Å². The van der Waals surface area contributed by atoms with Crippen LogP contribution in [0.1, 0.15) is 32.0 Å². The van der Waals surface area contributed by atoms with Crippen LogP contribution in [0.2, 0.25) is 0 Å². The Bertz CT molecular complexity index is 499. The van der Waals surface area contributed by atoms with E-state index in [0.717, 1.165) is 17.8 Å². The quantitative estimate of drug-likeness (QED) is 0.769. The Labute approximate surface area is 80.8 Å². The molecule has 0 aliphatic carbocycles. The summed E-state index contributed by atoms with van der Waals surface area (Å²) in [5.41, 5.74) is 0.472. The molecule has 5 heteroatoms. The molecule has 2 heterocycles. The first-order valence-corrected chi connectivity index (χ1v) is 4.65. The maximum atomic E-state index is 11.0. The van der Waals surface area contributed by atoms with Gasteiger partial charge < -0.3 is 0 Å². The molecular weight excluding hydrogens is 180 g/mol. The van der Waals surface area contributed by atoms with Crippen molar-refractivity contribution in [1.29, 1.82) is 0 Å².